The molecule has 0 saturated carbocycles. The molecule has 8 heteroatoms. The van der Waals surface area contributed by atoms with Crippen molar-refractivity contribution in [3.8, 4) is 0 Å². The van der Waals surface area contributed by atoms with Gasteiger partial charge in [0, 0.05) is 6.20 Å². The first-order valence-corrected chi connectivity index (χ1v) is 7.31. The summed E-state index contributed by atoms with van der Waals surface area (Å²) in [6.45, 7) is 3.04. The molecule has 21 heavy (non-hydrogen) atoms. The Bertz CT molecular complexity index is 675. The highest BCUT2D eigenvalue weighted by atomic mass is 32.2. The van der Waals surface area contributed by atoms with E-state index in [1.54, 1.807) is 12.1 Å². The number of carboxylic acids is 1. The van der Waals surface area contributed by atoms with Gasteiger partial charge in [0.1, 0.15) is 0 Å². The van der Waals surface area contributed by atoms with Crippen LogP contribution in [0.15, 0.2) is 34.0 Å². The maximum atomic E-state index is 12.0. The van der Waals surface area contributed by atoms with Crippen LogP contribution in [0.1, 0.15) is 24.4 Å². The maximum Gasteiger partial charge on any atom is 0.331 e. The third-order valence-corrected chi connectivity index (χ3v) is 3.56. The van der Waals surface area contributed by atoms with Crippen molar-refractivity contribution in [2.75, 3.05) is 11.6 Å². The summed E-state index contributed by atoms with van der Waals surface area (Å²) in [4.78, 5) is 23.1. The molecule has 7 nitrogen and oxygen atoms in total. The number of rotatable bonds is 5. The molecular formula is C13H15N3O4S. The molecule has 2 aromatic heterocycles. The standard InChI is InChI=1S/C13H15N3O4S/c1-13(2,12(18)19)16-7-8(6-14-16)15-11(17)9-4-5-10(20-9)21-3/h4-7H,1-3H3,(H,15,17)(H,18,19). The second-order valence-corrected chi connectivity index (χ2v) is 5.63. The quantitative estimate of drug-likeness (QED) is 0.822. The van der Waals surface area contributed by atoms with Crippen LogP contribution in [0.25, 0.3) is 0 Å². The number of carboxylic acid groups (broad SMARTS) is 1. The Morgan fingerprint density at radius 3 is 2.71 bits per heavy atom. The van der Waals surface area contributed by atoms with Crippen molar-refractivity contribution >= 4 is 29.3 Å². The van der Waals surface area contributed by atoms with Gasteiger partial charge in [0.2, 0.25) is 0 Å². The highest BCUT2D eigenvalue weighted by molar-refractivity contribution is 7.98. The van der Waals surface area contributed by atoms with Gasteiger partial charge in [-0.2, -0.15) is 5.10 Å². The molecule has 0 atom stereocenters. The summed E-state index contributed by atoms with van der Waals surface area (Å²) in [6.07, 6.45) is 4.70. The summed E-state index contributed by atoms with van der Waals surface area (Å²) in [5.41, 5.74) is -0.795. The molecule has 0 radical (unpaired) electrons. The fourth-order valence-electron chi connectivity index (χ4n) is 1.54. The minimum atomic E-state index is -1.19. The Kier molecular flexibility index (Phi) is 4.08. The first-order chi connectivity index (χ1) is 9.84. The molecule has 0 aromatic carbocycles. The van der Waals surface area contributed by atoms with Gasteiger partial charge in [0.05, 0.1) is 11.9 Å². The molecule has 0 bridgehead atoms. The fourth-order valence-corrected chi connectivity index (χ4v) is 1.91. The number of carbonyl (C=O) groups is 2. The van der Waals surface area contributed by atoms with Crippen molar-refractivity contribution in [1.82, 2.24) is 9.78 Å². The summed E-state index contributed by atoms with van der Waals surface area (Å²) in [5.74, 6) is -1.24. The second kappa shape index (κ2) is 5.65. The number of amides is 1. The van der Waals surface area contributed by atoms with E-state index in [4.69, 9.17) is 9.52 Å². The lowest BCUT2D eigenvalue weighted by molar-refractivity contribution is -0.146. The molecule has 2 N–H and O–H groups in total. The van der Waals surface area contributed by atoms with Crippen LogP contribution in [0.4, 0.5) is 5.69 Å². The number of hydrogen-bond acceptors (Lipinski definition) is 5. The van der Waals surface area contributed by atoms with E-state index >= 15 is 0 Å². The first-order valence-electron chi connectivity index (χ1n) is 6.08. The number of thioether (sulfide) groups is 1. The average molecular weight is 309 g/mol. The van der Waals surface area contributed by atoms with E-state index in [9.17, 15) is 9.59 Å². The number of carbonyl (C=O) groups excluding carboxylic acids is 1. The highest BCUT2D eigenvalue weighted by Gasteiger charge is 2.30. The van der Waals surface area contributed by atoms with Gasteiger partial charge in [-0.1, -0.05) is 11.8 Å². The normalized spacial score (nSPS) is 11.4. The molecular weight excluding hydrogens is 294 g/mol. The van der Waals surface area contributed by atoms with Gasteiger partial charge < -0.3 is 14.8 Å². The minimum Gasteiger partial charge on any atom is -0.479 e. The van der Waals surface area contributed by atoms with Gasteiger partial charge in [-0.3, -0.25) is 9.48 Å². The highest BCUT2D eigenvalue weighted by Crippen LogP contribution is 2.20. The lowest BCUT2D eigenvalue weighted by atomic mass is 10.1. The zero-order valence-corrected chi connectivity index (χ0v) is 12.6. The molecule has 2 rings (SSSR count). The van der Waals surface area contributed by atoms with E-state index in [0.717, 1.165) is 0 Å². The van der Waals surface area contributed by atoms with Crippen LogP contribution in [0.5, 0.6) is 0 Å². The Morgan fingerprint density at radius 1 is 1.43 bits per heavy atom. The summed E-state index contributed by atoms with van der Waals surface area (Å²) >= 11 is 1.40. The largest absolute Gasteiger partial charge is 0.479 e. The summed E-state index contributed by atoms with van der Waals surface area (Å²) in [7, 11) is 0. The van der Waals surface area contributed by atoms with E-state index in [1.165, 1.54) is 42.7 Å². The number of furan rings is 1. The molecule has 0 aliphatic rings. The van der Waals surface area contributed by atoms with Crippen molar-refractivity contribution in [3.05, 3.63) is 30.3 Å². The third-order valence-electron chi connectivity index (χ3n) is 2.94. The topological polar surface area (TPSA) is 97.4 Å². The summed E-state index contributed by atoms with van der Waals surface area (Å²) in [6, 6.07) is 3.28. The average Bonchev–Trinajstić information content (AvgIpc) is 3.07. The molecule has 2 aromatic rings. The van der Waals surface area contributed by atoms with Crippen LogP contribution in [-0.4, -0.2) is 33.0 Å². The van der Waals surface area contributed by atoms with Gasteiger partial charge in [0.15, 0.2) is 16.4 Å². The molecule has 0 saturated heterocycles. The van der Waals surface area contributed by atoms with E-state index in [-0.39, 0.29) is 5.76 Å². The van der Waals surface area contributed by atoms with Gasteiger partial charge in [-0.15, -0.1) is 0 Å². The van der Waals surface area contributed by atoms with E-state index in [0.29, 0.717) is 10.8 Å². The fraction of sp³-hybridized carbons (Fsp3) is 0.308. The first kappa shape index (κ1) is 15.2. The molecule has 0 fully saturated rings. The van der Waals surface area contributed by atoms with Crippen LogP contribution >= 0.6 is 11.8 Å². The third kappa shape index (κ3) is 3.10. The van der Waals surface area contributed by atoms with Crippen LogP contribution in [0.2, 0.25) is 0 Å². The summed E-state index contributed by atoms with van der Waals surface area (Å²) < 4.78 is 6.59. The van der Waals surface area contributed by atoms with E-state index in [2.05, 4.69) is 10.4 Å². The molecule has 0 aliphatic carbocycles. The lowest BCUT2D eigenvalue weighted by Gasteiger charge is -2.19. The van der Waals surface area contributed by atoms with Crippen LogP contribution in [0.3, 0.4) is 0 Å². The smallest absolute Gasteiger partial charge is 0.331 e. The SMILES string of the molecule is CSc1ccc(C(=O)Nc2cnn(C(C)(C)C(=O)O)c2)o1. The van der Waals surface area contributed by atoms with Crippen LogP contribution in [-0.2, 0) is 10.3 Å². The molecule has 1 amide bonds. The second-order valence-electron chi connectivity index (χ2n) is 4.81. The van der Waals surface area contributed by atoms with Crippen LogP contribution < -0.4 is 5.32 Å². The minimum absolute atomic E-state index is 0.185. The van der Waals surface area contributed by atoms with Gasteiger partial charge in [-0.05, 0) is 32.2 Å². The number of anilines is 1. The van der Waals surface area contributed by atoms with Gasteiger partial charge in [0.25, 0.3) is 5.91 Å². The molecule has 0 aliphatic heterocycles. The Labute approximate surface area is 125 Å². The van der Waals surface area contributed by atoms with Gasteiger partial charge in [-0.25, -0.2) is 4.79 Å². The van der Waals surface area contributed by atoms with Gasteiger partial charge >= 0.3 is 5.97 Å². The van der Waals surface area contributed by atoms with Crippen molar-refractivity contribution in [1.29, 1.82) is 0 Å². The molecule has 0 unspecified atom stereocenters. The zero-order valence-electron chi connectivity index (χ0n) is 11.8. The van der Waals surface area contributed by atoms with E-state index < -0.39 is 17.4 Å². The van der Waals surface area contributed by atoms with E-state index in [1.807, 2.05) is 6.26 Å². The van der Waals surface area contributed by atoms with Crippen molar-refractivity contribution in [2.45, 2.75) is 24.5 Å². The zero-order chi connectivity index (χ0) is 15.6. The molecule has 0 spiro atoms. The Balaban J connectivity index is 2.12. The number of aromatic nitrogens is 2. The van der Waals surface area contributed by atoms with Crippen LogP contribution in [0, 0.1) is 0 Å². The lowest BCUT2D eigenvalue weighted by Crippen LogP contribution is -2.35. The Hall–Kier alpha value is -2.22. The maximum absolute atomic E-state index is 12.0. The van der Waals surface area contributed by atoms with Crippen molar-refractivity contribution < 1.29 is 19.1 Å². The number of hydrogen-bond donors (Lipinski definition) is 2. The number of nitrogens with zero attached hydrogens (tertiary/aromatic N) is 2. The number of nitrogens with one attached hydrogen (secondary N) is 1. The summed E-state index contributed by atoms with van der Waals surface area (Å²) in [5, 5.41) is 16.3. The molecule has 112 valence electrons. The number of aliphatic carboxylic acids is 1. The van der Waals surface area contributed by atoms with Crippen molar-refractivity contribution in [2.24, 2.45) is 0 Å². The molecule has 2 heterocycles. The van der Waals surface area contributed by atoms with Crippen molar-refractivity contribution in [3.63, 3.8) is 0 Å². The predicted octanol–water partition coefficient (Wildman–Crippen LogP) is 2.27. The monoisotopic (exact) mass is 309 g/mol. The predicted molar refractivity (Wildman–Crippen MR) is 77.6 cm³/mol. The Morgan fingerprint density at radius 2 is 2.14 bits per heavy atom.